The fourth-order valence-electron chi connectivity index (χ4n) is 2.37. The van der Waals surface area contributed by atoms with E-state index in [0.29, 0.717) is 5.92 Å². The molecule has 0 amide bonds. The number of nitrogens with zero attached hydrogens (tertiary/aromatic N) is 3. The van der Waals surface area contributed by atoms with Gasteiger partial charge in [-0.3, -0.25) is 4.98 Å². The van der Waals surface area contributed by atoms with Crippen molar-refractivity contribution in [1.82, 2.24) is 15.0 Å². The van der Waals surface area contributed by atoms with Crippen LogP contribution in [0.25, 0.3) is 10.9 Å². The average Bonchev–Trinajstić information content (AvgIpc) is 3.32. The van der Waals surface area contributed by atoms with E-state index < -0.39 is 0 Å². The van der Waals surface area contributed by atoms with Crippen LogP contribution in [-0.2, 0) is 0 Å². The molecule has 0 radical (unpaired) electrons. The van der Waals surface area contributed by atoms with Gasteiger partial charge in [-0.25, -0.2) is 9.97 Å². The monoisotopic (exact) mass is 340 g/mol. The zero-order chi connectivity index (χ0) is 14.2. The minimum Gasteiger partial charge on any atom is -0.340 e. The van der Waals surface area contributed by atoms with Gasteiger partial charge in [0.1, 0.15) is 16.2 Å². The lowest BCUT2D eigenvalue weighted by Crippen LogP contribution is -2.00. The molecule has 5 heteroatoms. The SMILES string of the molecule is Brc1cc(Nc2cccc3ncccc23)nc(C2CC2)n1. The Labute approximate surface area is 130 Å². The number of halogens is 1. The van der Waals surface area contributed by atoms with E-state index >= 15 is 0 Å². The minimum absolute atomic E-state index is 0.525. The van der Waals surface area contributed by atoms with Crippen LogP contribution < -0.4 is 5.32 Å². The van der Waals surface area contributed by atoms with E-state index in [1.165, 1.54) is 12.8 Å². The Kier molecular flexibility index (Phi) is 3.07. The Morgan fingerprint density at radius 3 is 2.86 bits per heavy atom. The summed E-state index contributed by atoms with van der Waals surface area (Å²) >= 11 is 3.47. The molecule has 0 unspecified atom stereocenters. The Morgan fingerprint density at radius 2 is 2.00 bits per heavy atom. The molecule has 0 spiro atoms. The molecule has 0 atom stereocenters. The molecule has 2 aromatic heterocycles. The molecule has 1 aliphatic carbocycles. The number of benzene rings is 1. The summed E-state index contributed by atoms with van der Waals surface area (Å²) in [6, 6.07) is 11.9. The number of aromatic nitrogens is 3. The van der Waals surface area contributed by atoms with Crippen LogP contribution in [0.5, 0.6) is 0 Å². The molecule has 0 bridgehead atoms. The van der Waals surface area contributed by atoms with Crippen LogP contribution in [0.3, 0.4) is 0 Å². The van der Waals surface area contributed by atoms with Crippen molar-refractivity contribution in [3.8, 4) is 0 Å². The predicted octanol–water partition coefficient (Wildman–Crippen LogP) is 4.41. The van der Waals surface area contributed by atoms with Gasteiger partial charge in [-0.05, 0) is 53.0 Å². The molecule has 4 rings (SSSR count). The number of fused-ring (bicyclic) bond motifs is 1. The van der Waals surface area contributed by atoms with Crippen molar-refractivity contribution in [3.63, 3.8) is 0 Å². The second kappa shape index (κ2) is 5.07. The van der Waals surface area contributed by atoms with Gasteiger partial charge in [0.15, 0.2) is 0 Å². The largest absolute Gasteiger partial charge is 0.340 e. The Bertz CT molecular complexity index is 809. The number of hydrogen-bond donors (Lipinski definition) is 1. The van der Waals surface area contributed by atoms with Crippen LogP contribution in [0, 0.1) is 0 Å². The van der Waals surface area contributed by atoms with E-state index in [0.717, 1.165) is 32.8 Å². The summed E-state index contributed by atoms with van der Waals surface area (Å²) in [5.41, 5.74) is 1.98. The molecule has 104 valence electrons. The third-order valence-electron chi connectivity index (χ3n) is 3.56. The second-order valence-electron chi connectivity index (χ2n) is 5.21. The third kappa shape index (κ3) is 2.61. The summed E-state index contributed by atoms with van der Waals surface area (Å²) in [5, 5.41) is 4.48. The van der Waals surface area contributed by atoms with E-state index in [4.69, 9.17) is 0 Å². The van der Waals surface area contributed by atoms with Gasteiger partial charge < -0.3 is 5.32 Å². The van der Waals surface area contributed by atoms with Crippen molar-refractivity contribution in [1.29, 1.82) is 0 Å². The molecule has 1 aromatic carbocycles. The number of nitrogens with one attached hydrogen (secondary N) is 1. The maximum atomic E-state index is 4.63. The van der Waals surface area contributed by atoms with Crippen molar-refractivity contribution in [2.75, 3.05) is 5.32 Å². The third-order valence-corrected chi connectivity index (χ3v) is 3.97. The second-order valence-corrected chi connectivity index (χ2v) is 6.02. The Hall–Kier alpha value is -2.01. The van der Waals surface area contributed by atoms with Crippen LogP contribution in [0.4, 0.5) is 11.5 Å². The minimum atomic E-state index is 0.525. The predicted molar refractivity (Wildman–Crippen MR) is 86.7 cm³/mol. The van der Waals surface area contributed by atoms with Gasteiger partial charge in [0.2, 0.25) is 0 Å². The molecule has 1 N–H and O–H groups in total. The van der Waals surface area contributed by atoms with Gasteiger partial charge in [-0.15, -0.1) is 0 Å². The fourth-order valence-corrected chi connectivity index (χ4v) is 2.77. The van der Waals surface area contributed by atoms with Crippen LogP contribution in [0.1, 0.15) is 24.6 Å². The van der Waals surface area contributed by atoms with E-state index in [9.17, 15) is 0 Å². The van der Waals surface area contributed by atoms with Gasteiger partial charge in [-0.2, -0.15) is 0 Å². The Morgan fingerprint density at radius 1 is 1.10 bits per heavy atom. The maximum Gasteiger partial charge on any atom is 0.135 e. The molecular weight excluding hydrogens is 328 g/mol. The van der Waals surface area contributed by atoms with Crippen LogP contribution >= 0.6 is 15.9 Å². The molecule has 4 nitrogen and oxygen atoms in total. The van der Waals surface area contributed by atoms with Crippen LogP contribution in [0.15, 0.2) is 47.2 Å². The van der Waals surface area contributed by atoms with Gasteiger partial charge >= 0.3 is 0 Å². The summed E-state index contributed by atoms with van der Waals surface area (Å²) in [5.74, 6) is 2.26. The highest BCUT2D eigenvalue weighted by Gasteiger charge is 2.27. The zero-order valence-electron chi connectivity index (χ0n) is 11.3. The first kappa shape index (κ1) is 12.7. The van der Waals surface area contributed by atoms with E-state index in [2.05, 4.69) is 42.3 Å². The molecule has 0 aliphatic heterocycles. The maximum absolute atomic E-state index is 4.63. The lowest BCUT2D eigenvalue weighted by molar-refractivity contribution is 0.919. The average molecular weight is 341 g/mol. The van der Waals surface area contributed by atoms with Gasteiger partial charge in [0.05, 0.1) is 5.52 Å². The fraction of sp³-hybridized carbons (Fsp3) is 0.188. The van der Waals surface area contributed by atoms with E-state index in [-0.39, 0.29) is 0 Å². The highest BCUT2D eigenvalue weighted by Crippen LogP contribution is 2.39. The van der Waals surface area contributed by atoms with E-state index in [1.807, 2.05) is 30.3 Å². The standard InChI is InChI=1S/C16H13BrN4/c17-14-9-15(21-16(20-14)10-6-7-10)19-13-5-1-4-12-11(13)3-2-8-18-12/h1-5,8-10H,6-7H2,(H,19,20,21). The molecule has 21 heavy (non-hydrogen) atoms. The summed E-state index contributed by atoms with van der Waals surface area (Å²) in [6.45, 7) is 0. The van der Waals surface area contributed by atoms with Gasteiger partial charge in [0.25, 0.3) is 0 Å². The molecule has 2 heterocycles. The number of pyridine rings is 1. The molecule has 1 aliphatic rings. The van der Waals surface area contributed by atoms with E-state index in [1.54, 1.807) is 6.20 Å². The molecule has 3 aromatic rings. The lowest BCUT2D eigenvalue weighted by atomic mass is 10.2. The quantitative estimate of drug-likeness (QED) is 0.717. The number of hydrogen-bond acceptors (Lipinski definition) is 4. The summed E-state index contributed by atoms with van der Waals surface area (Å²) in [4.78, 5) is 13.5. The lowest BCUT2D eigenvalue weighted by Gasteiger charge is -2.10. The summed E-state index contributed by atoms with van der Waals surface area (Å²) in [7, 11) is 0. The van der Waals surface area contributed by atoms with Crippen LogP contribution in [-0.4, -0.2) is 15.0 Å². The highest BCUT2D eigenvalue weighted by molar-refractivity contribution is 9.10. The topological polar surface area (TPSA) is 50.7 Å². The van der Waals surface area contributed by atoms with Crippen molar-refractivity contribution in [2.45, 2.75) is 18.8 Å². The number of rotatable bonds is 3. The molecular formula is C16H13BrN4. The summed E-state index contributed by atoms with van der Waals surface area (Å²) < 4.78 is 0.820. The number of anilines is 2. The van der Waals surface area contributed by atoms with Crippen molar-refractivity contribution < 1.29 is 0 Å². The van der Waals surface area contributed by atoms with Crippen molar-refractivity contribution >= 4 is 38.3 Å². The summed E-state index contributed by atoms with van der Waals surface area (Å²) in [6.07, 6.45) is 4.18. The zero-order valence-corrected chi connectivity index (χ0v) is 12.8. The normalized spacial score (nSPS) is 14.3. The van der Waals surface area contributed by atoms with Crippen molar-refractivity contribution in [2.24, 2.45) is 0 Å². The molecule has 0 saturated heterocycles. The molecule has 1 saturated carbocycles. The van der Waals surface area contributed by atoms with Gasteiger partial charge in [0, 0.05) is 29.3 Å². The first-order valence-corrected chi connectivity index (χ1v) is 7.74. The first-order chi connectivity index (χ1) is 10.3. The molecule has 1 fully saturated rings. The Balaban J connectivity index is 1.74. The van der Waals surface area contributed by atoms with Gasteiger partial charge in [-0.1, -0.05) is 6.07 Å². The van der Waals surface area contributed by atoms with Crippen molar-refractivity contribution in [3.05, 3.63) is 53.0 Å². The highest BCUT2D eigenvalue weighted by atomic mass is 79.9. The smallest absolute Gasteiger partial charge is 0.135 e. The first-order valence-electron chi connectivity index (χ1n) is 6.95. The van der Waals surface area contributed by atoms with Crippen LogP contribution in [0.2, 0.25) is 0 Å².